The van der Waals surface area contributed by atoms with E-state index in [-0.39, 0.29) is 24.5 Å². The van der Waals surface area contributed by atoms with Crippen LogP contribution in [-0.2, 0) is 85.5 Å². The average molecular weight is 1370 g/mol. The molecule has 6 rings (SSSR count). The van der Waals surface area contributed by atoms with E-state index in [0.29, 0.717) is 32.1 Å². The lowest BCUT2D eigenvalue weighted by Gasteiger charge is -2.50. The molecule has 27 nitrogen and oxygen atoms in total. The van der Waals surface area contributed by atoms with Crippen molar-refractivity contribution >= 4 is 23.9 Å². The molecule has 6 aliphatic rings. The Morgan fingerprint density at radius 3 is 1.71 bits per heavy atom. The van der Waals surface area contributed by atoms with Gasteiger partial charge in [0.25, 0.3) is 0 Å². The molecule has 0 aliphatic carbocycles. The van der Waals surface area contributed by atoms with Crippen LogP contribution >= 0.6 is 0 Å². The topological polar surface area (TPSA) is 380 Å². The summed E-state index contributed by atoms with van der Waals surface area (Å²) in [6.45, 7) is 15.2. The monoisotopic (exact) mass is 1360 g/mol. The molecule has 0 aromatic heterocycles. The molecule has 28 atom stereocenters. The number of ether oxygens (including phenoxy) is 14. The lowest BCUT2D eigenvalue weighted by atomic mass is 9.95. The maximum Gasteiger partial charge on any atom is 0.333 e. The number of fused-ring (bicyclic) bond motifs is 2. The largest absolute Gasteiger partial charge is 0.455 e. The Labute approximate surface area is 560 Å². The van der Waals surface area contributed by atoms with Crippen LogP contribution in [0.15, 0.2) is 11.6 Å². The van der Waals surface area contributed by atoms with Crippen LogP contribution in [0, 0.1) is 5.92 Å². The van der Waals surface area contributed by atoms with E-state index in [1.54, 1.807) is 13.8 Å². The fourth-order valence-electron chi connectivity index (χ4n) is 12.8. The second-order valence-electron chi connectivity index (χ2n) is 26.9. The maximum absolute atomic E-state index is 14.2. The summed E-state index contributed by atoms with van der Waals surface area (Å²) in [7, 11) is 0. The summed E-state index contributed by atoms with van der Waals surface area (Å²) in [6, 6.07) is 0. The highest BCUT2D eigenvalue weighted by molar-refractivity contribution is 5.87. The minimum atomic E-state index is -2.06. The third kappa shape index (κ3) is 22.9. The number of aliphatic hydroxyl groups excluding tert-OH is 9. The van der Waals surface area contributed by atoms with Gasteiger partial charge in [0.2, 0.25) is 0 Å². The molecular weight excluding hydrogens is 1250 g/mol. The van der Waals surface area contributed by atoms with Crippen LogP contribution in [0.2, 0.25) is 0 Å². The number of carbonyl (C=O) groups is 4. The first-order valence-corrected chi connectivity index (χ1v) is 35.4. The Bertz CT molecular complexity index is 2290. The molecule has 95 heavy (non-hydrogen) atoms. The highest BCUT2D eigenvalue weighted by Gasteiger charge is 2.59. The van der Waals surface area contributed by atoms with Gasteiger partial charge in [-0.05, 0) is 81.1 Å². The van der Waals surface area contributed by atoms with Gasteiger partial charge in [-0.2, -0.15) is 0 Å². The van der Waals surface area contributed by atoms with Crippen molar-refractivity contribution in [2.24, 2.45) is 5.92 Å². The Balaban J connectivity index is 1.35. The van der Waals surface area contributed by atoms with Gasteiger partial charge < -0.3 is 112 Å². The quantitative estimate of drug-likeness (QED) is 0.0231. The fraction of sp³-hybridized carbons (Fsp3) is 0.912. The normalized spacial score (nSPS) is 39.6. The zero-order chi connectivity index (χ0) is 69.6. The number of rotatable bonds is 27. The average Bonchev–Trinajstić information content (AvgIpc) is 0.773. The summed E-state index contributed by atoms with van der Waals surface area (Å²) >= 11 is 0. The van der Waals surface area contributed by atoms with E-state index in [4.69, 9.17) is 66.3 Å². The molecule has 27 heteroatoms. The van der Waals surface area contributed by atoms with Crippen LogP contribution in [0.25, 0.3) is 0 Å². The molecule has 6 fully saturated rings. The highest BCUT2D eigenvalue weighted by Crippen LogP contribution is 2.40. The van der Waals surface area contributed by atoms with Crippen LogP contribution in [-0.4, -0.2) is 242 Å². The highest BCUT2D eigenvalue weighted by atomic mass is 16.8. The van der Waals surface area contributed by atoms with E-state index >= 15 is 0 Å². The molecule has 0 saturated carbocycles. The minimum Gasteiger partial charge on any atom is -0.455 e. The van der Waals surface area contributed by atoms with Crippen LogP contribution in [0.1, 0.15) is 217 Å². The number of unbranched alkanes of at least 4 members (excludes halogenated alkanes) is 10. The SMILES string of the molecule is C/C=C(\C)C(=O)O[C@@H]1[C@@H](OC(=O)C(C)[C@H](C)O)[C@@H](O[C@@H]2O[C@H](CO)[C@@H](O)[C@H](O)[C@H]2O)[C@H](O[C@@H]2[C@@H](O)[C@@H](OC(=O)CCCCCCCCCCC)[C@H](O[C@@H]3[C@@H](O)[C@H]4OC(=O)CCCCCCCCCC(CCCCC)O[C@@H]5O[C@H](C)[C@@H](O)[C@H](O)[C@H]5O[C@H]4O[C@H]3C)O[C@H]2C)O[C@H]1C. The number of carbonyl (C=O) groups excluding carboxylic acids is 4. The van der Waals surface area contributed by atoms with Crippen LogP contribution in [0.4, 0.5) is 0 Å². The van der Waals surface area contributed by atoms with Gasteiger partial charge in [-0.1, -0.05) is 129 Å². The van der Waals surface area contributed by atoms with Gasteiger partial charge in [0, 0.05) is 18.4 Å². The number of hydrogen-bond acceptors (Lipinski definition) is 27. The van der Waals surface area contributed by atoms with Crippen molar-refractivity contribution in [3.05, 3.63) is 11.6 Å². The van der Waals surface area contributed by atoms with Gasteiger partial charge in [-0.3, -0.25) is 14.4 Å². The van der Waals surface area contributed by atoms with Gasteiger partial charge in [0.1, 0.15) is 67.1 Å². The summed E-state index contributed by atoms with van der Waals surface area (Å²) in [5.74, 6) is -4.58. The van der Waals surface area contributed by atoms with Crippen molar-refractivity contribution in [2.75, 3.05) is 6.61 Å². The van der Waals surface area contributed by atoms with E-state index in [1.807, 2.05) is 0 Å². The molecule has 2 unspecified atom stereocenters. The molecule has 6 heterocycles. The molecule has 0 aromatic carbocycles. The second-order valence-corrected chi connectivity index (χ2v) is 26.9. The van der Waals surface area contributed by atoms with Crippen molar-refractivity contribution in [3.63, 3.8) is 0 Å². The Hall–Kier alpha value is -3.14. The molecule has 0 bridgehead atoms. The molecule has 0 spiro atoms. The molecular formula is C68H116O27. The molecule has 0 radical (unpaired) electrons. The standard InChI is InChI=1S/C68H116O27/c1-11-14-16-17-18-19-22-25-29-33-45(71)88-58-53(79)55(93-68-61(95-64-51(77)49(75)48(74)44(35-69)87-64)60(91-63(81)37(5)38(6)70)56(42(10)85-68)90-62(80)36(4)13-3)41(9)83-66(58)92-54-40(8)84-67-59(52(54)78)89-46(72)34-30-26-23-20-21-24-28-32-43(31-27-15-12-2)86-65-57(94-67)50(76)47(73)39(7)82-65/h13,37-44,47-61,64-70,73-79H,11-12,14-35H2,1-10H3/b36-13+/t37?,38-,39+,40-,41-,42-,43?,44+,47+,48+,49-,50-,51+,52+,53+,54-,55-,56-,57+,58+,59+,60+,61+,64-,65-,66-,67+,68-/m0/s1. The van der Waals surface area contributed by atoms with Crippen molar-refractivity contribution in [1.82, 2.24) is 0 Å². The third-order valence-electron chi connectivity index (χ3n) is 19.3. The second kappa shape index (κ2) is 40.3. The fourth-order valence-corrected chi connectivity index (χ4v) is 12.8. The summed E-state index contributed by atoms with van der Waals surface area (Å²) in [5, 5.41) is 102. The third-order valence-corrected chi connectivity index (χ3v) is 19.3. The first-order chi connectivity index (χ1) is 45.3. The van der Waals surface area contributed by atoms with E-state index in [9.17, 15) is 65.1 Å². The lowest BCUT2D eigenvalue weighted by Crippen LogP contribution is -2.68. The van der Waals surface area contributed by atoms with Crippen molar-refractivity contribution in [3.8, 4) is 0 Å². The summed E-state index contributed by atoms with van der Waals surface area (Å²) in [5.41, 5.74) is 0.138. The van der Waals surface area contributed by atoms with E-state index in [2.05, 4.69) is 13.8 Å². The molecule has 0 amide bonds. The zero-order valence-electron chi connectivity index (χ0n) is 57.6. The Kier molecular flexibility index (Phi) is 34.3. The van der Waals surface area contributed by atoms with E-state index in [0.717, 1.165) is 103 Å². The first kappa shape index (κ1) is 80.8. The number of aliphatic hydroxyl groups is 9. The van der Waals surface area contributed by atoms with Gasteiger partial charge in [0.15, 0.2) is 62.0 Å². The van der Waals surface area contributed by atoms with Crippen molar-refractivity contribution in [1.29, 1.82) is 0 Å². The van der Waals surface area contributed by atoms with Crippen molar-refractivity contribution in [2.45, 2.75) is 383 Å². The van der Waals surface area contributed by atoms with Gasteiger partial charge in [-0.25, -0.2) is 4.79 Å². The van der Waals surface area contributed by atoms with Gasteiger partial charge >= 0.3 is 23.9 Å². The predicted octanol–water partition coefficient (Wildman–Crippen LogP) is 4.79. The Morgan fingerprint density at radius 2 is 1.07 bits per heavy atom. The molecule has 0 aromatic rings. The number of allylic oxidation sites excluding steroid dienone is 1. The lowest BCUT2D eigenvalue weighted by molar-refractivity contribution is -0.395. The first-order valence-electron chi connectivity index (χ1n) is 35.4. The van der Waals surface area contributed by atoms with Crippen LogP contribution in [0.3, 0.4) is 0 Å². The maximum atomic E-state index is 14.2. The summed E-state index contributed by atoms with van der Waals surface area (Å²) < 4.78 is 88.4. The smallest absolute Gasteiger partial charge is 0.333 e. The molecule has 550 valence electrons. The molecule has 6 saturated heterocycles. The Morgan fingerprint density at radius 1 is 0.526 bits per heavy atom. The van der Waals surface area contributed by atoms with Gasteiger partial charge in [0.05, 0.1) is 49.1 Å². The minimum absolute atomic E-state index is 0.0366. The van der Waals surface area contributed by atoms with Crippen LogP contribution in [0.5, 0.6) is 0 Å². The predicted molar refractivity (Wildman–Crippen MR) is 337 cm³/mol. The van der Waals surface area contributed by atoms with Gasteiger partial charge in [-0.15, -0.1) is 0 Å². The van der Waals surface area contributed by atoms with Crippen molar-refractivity contribution < 1.29 is 131 Å². The molecule has 6 aliphatic heterocycles. The number of hydrogen-bond donors (Lipinski definition) is 9. The van der Waals surface area contributed by atoms with Crippen LogP contribution < -0.4 is 0 Å². The summed E-state index contributed by atoms with van der Waals surface area (Å²) in [4.78, 5) is 55.6. The number of esters is 4. The molecule has 9 N–H and O–H groups in total. The van der Waals surface area contributed by atoms with E-state index < -0.39 is 196 Å². The van der Waals surface area contributed by atoms with E-state index in [1.165, 1.54) is 47.6 Å². The zero-order valence-corrected chi connectivity index (χ0v) is 57.6. The summed E-state index contributed by atoms with van der Waals surface area (Å²) in [6.07, 6.45) is -22.3.